The van der Waals surface area contributed by atoms with Crippen molar-refractivity contribution in [3.8, 4) is 0 Å². The summed E-state index contributed by atoms with van der Waals surface area (Å²) in [6.07, 6.45) is 3.39. The molecule has 0 aliphatic heterocycles. The van der Waals surface area contributed by atoms with Crippen LogP contribution in [0.4, 0.5) is 10.1 Å². The molecule has 2 aromatic rings. The maximum absolute atomic E-state index is 13.7. The zero-order valence-corrected chi connectivity index (χ0v) is 12.4. The molecule has 0 spiro atoms. The van der Waals surface area contributed by atoms with Gasteiger partial charge in [0.2, 0.25) is 5.91 Å². The summed E-state index contributed by atoms with van der Waals surface area (Å²) in [5.74, 6) is -1.12. The van der Waals surface area contributed by atoms with Crippen molar-refractivity contribution in [3.05, 3.63) is 57.6 Å². The van der Waals surface area contributed by atoms with E-state index in [9.17, 15) is 9.18 Å². The van der Waals surface area contributed by atoms with Crippen LogP contribution in [-0.4, -0.2) is 10.9 Å². The van der Waals surface area contributed by atoms with Gasteiger partial charge in [0.15, 0.2) is 0 Å². The first-order valence-corrected chi connectivity index (χ1v) is 6.70. The topological polar surface area (TPSA) is 68.0 Å². The van der Waals surface area contributed by atoms with Crippen molar-refractivity contribution in [2.75, 3.05) is 5.32 Å². The molecule has 0 radical (unpaired) electrons. The van der Waals surface area contributed by atoms with E-state index >= 15 is 0 Å². The molecule has 0 bridgehead atoms. The smallest absolute Gasteiger partial charge is 0.248 e. The first-order chi connectivity index (χ1) is 9.47. The second-order valence-electron chi connectivity index (χ2n) is 4.36. The molecule has 0 saturated heterocycles. The van der Waals surface area contributed by atoms with Crippen LogP contribution in [-0.2, 0) is 6.54 Å². The van der Waals surface area contributed by atoms with Gasteiger partial charge >= 0.3 is 0 Å². The first-order valence-electron chi connectivity index (χ1n) is 5.90. The number of nitrogens with two attached hydrogens (primary N) is 1. The van der Waals surface area contributed by atoms with Gasteiger partial charge in [0.05, 0.1) is 0 Å². The van der Waals surface area contributed by atoms with Crippen LogP contribution in [0.1, 0.15) is 21.5 Å². The number of nitrogens with one attached hydrogen (secondary N) is 1. The van der Waals surface area contributed by atoms with E-state index in [1.54, 1.807) is 25.4 Å². The third kappa shape index (κ3) is 3.33. The second kappa shape index (κ2) is 6.00. The number of aromatic nitrogens is 1. The molecule has 6 heteroatoms. The van der Waals surface area contributed by atoms with E-state index in [0.717, 1.165) is 16.1 Å². The fourth-order valence-corrected chi connectivity index (χ4v) is 2.17. The molecule has 2 rings (SSSR count). The number of halogens is 2. The summed E-state index contributed by atoms with van der Waals surface area (Å²) in [5, 5.41) is 3.08. The highest BCUT2D eigenvalue weighted by atomic mass is 79.9. The lowest BCUT2D eigenvalue weighted by Gasteiger charge is -2.12. The molecule has 0 unspecified atom stereocenters. The van der Waals surface area contributed by atoms with Gasteiger partial charge in [-0.25, -0.2) is 4.39 Å². The van der Waals surface area contributed by atoms with Crippen LogP contribution in [0.5, 0.6) is 0 Å². The van der Waals surface area contributed by atoms with Crippen molar-refractivity contribution >= 4 is 27.5 Å². The second-order valence-corrected chi connectivity index (χ2v) is 5.28. The molecule has 0 aliphatic carbocycles. The zero-order valence-electron chi connectivity index (χ0n) is 10.8. The Morgan fingerprint density at radius 1 is 1.40 bits per heavy atom. The van der Waals surface area contributed by atoms with Crippen molar-refractivity contribution in [1.29, 1.82) is 0 Å². The van der Waals surface area contributed by atoms with Crippen LogP contribution in [0.2, 0.25) is 0 Å². The first kappa shape index (κ1) is 14.5. The summed E-state index contributed by atoms with van der Waals surface area (Å²) >= 11 is 3.33. The molecule has 20 heavy (non-hydrogen) atoms. The number of amides is 1. The third-order valence-corrected chi connectivity index (χ3v) is 3.31. The molecule has 1 heterocycles. The molecular formula is C14H13BrFN3O. The molecule has 4 nitrogen and oxygen atoms in total. The fourth-order valence-electron chi connectivity index (χ4n) is 1.75. The minimum absolute atomic E-state index is 0.142. The summed E-state index contributed by atoms with van der Waals surface area (Å²) < 4.78 is 14.6. The number of hydrogen-bond donors (Lipinski definition) is 2. The van der Waals surface area contributed by atoms with Gasteiger partial charge in [0.1, 0.15) is 5.82 Å². The quantitative estimate of drug-likeness (QED) is 0.901. The predicted octanol–water partition coefficient (Wildman–Crippen LogP) is 3.00. The standard InChI is InChI=1S/C14H13BrFN3O/c1-8-12(16)3-10(14(17)20)4-13(8)19-6-9-2-11(15)7-18-5-9/h2-5,7,19H,6H2,1H3,(H2,17,20). The van der Waals surface area contributed by atoms with Crippen LogP contribution in [0.25, 0.3) is 0 Å². The van der Waals surface area contributed by atoms with Crippen molar-refractivity contribution < 1.29 is 9.18 Å². The fraction of sp³-hybridized carbons (Fsp3) is 0.143. The van der Waals surface area contributed by atoms with Gasteiger partial charge < -0.3 is 11.1 Å². The van der Waals surface area contributed by atoms with Crippen molar-refractivity contribution in [1.82, 2.24) is 4.98 Å². The normalized spacial score (nSPS) is 10.3. The molecule has 1 aromatic carbocycles. The Morgan fingerprint density at radius 2 is 2.15 bits per heavy atom. The van der Waals surface area contributed by atoms with Crippen molar-refractivity contribution in [2.24, 2.45) is 5.73 Å². The van der Waals surface area contributed by atoms with Gasteiger partial charge in [-0.1, -0.05) is 0 Å². The number of hydrogen-bond acceptors (Lipinski definition) is 3. The number of carbonyl (C=O) groups is 1. The van der Waals surface area contributed by atoms with Crippen molar-refractivity contribution in [2.45, 2.75) is 13.5 Å². The van der Waals surface area contributed by atoms with E-state index in [1.165, 1.54) is 0 Å². The van der Waals surface area contributed by atoms with E-state index in [0.29, 0.717) is 17.8 Å². The SMILES string of the molecule is Cc1c(F)cc(C(N)=O)cc1NCc1cncc(Br)c1. The maximum atomic E-state index is 13.7. The van der Waals surface area contributed by atoms with Gasteiger partial charge in [0, 0.05) is 40.2 Å². The van der Waals surface area contributed by atoms with Crippen LogP contribution in [0, 0.1) is 12.7 Å². The Bertz CT molecular complexity index is 661. The molecule has 1 aromatic heterocycles. The Hall–Kier alpha value is -1.95. The number of carbonyl (C=O) groups excluding carboxylic acids is 1. The van der Waals surface area contributed by atoms with Crippen molar-refractivity contribution in [3.63, 3.8) is 0 Å². The molecule has 0 fully saturated rings. The number of anilines is 1. The van der Waals surface area contributed by atoms with E-state index in [2.05, 4.69) is 26.2 Å². The van der Waals surface area contributed by atoms with Crippen LogP contribution in [0.3, 0.4) is 0 Å². The Balaban J connectivity index is 2.23. The number of nitrogens with zero attached hydrogens (tertiary/aromatic N) is 1. The molecule has 104 valence electrons. The minimum Gasteiger partial charge on any atom is -0.381 e. The maximum Gasteiger partial charge on any atom is 0.248 e. The molecular weight excluding hydrogens is 325 g/mol. The van der Waals surface area contributed by atoms with Crippen LogP contribution >= 0.6 is 15.9 Å². The lowest BCUT2D eigenvalue weighted by atomic mass is 10.1. The van der Waals surface area contributed by atoms with Gasteiger partial charge in [-0.05, 0) is 46.6 Å². The molecule has 0 saturated carbocycles. The zero-order chi connectivity index (χ0) is 14.7. The van der Waals surface area contributed by atoms with E-state index < -0.39 is 11.7 Å². The third-order valence-electron chi connectivity index (χ3n) is 2.87. The Labute approximate surface area is 124 Å². The Kier molecular flexibility index (Phi) is 4.34. The highest BCUT2D eigenvalue weighted by Crippen LogP contribution is 2.21. The number of primary amides is 1. The van der Waals surface area contributed by atoms with E-state index in [4.69, 9.17) is 5.73 Å². The van der Waals surface area contributed by atoms with Crippen LogP contribution < -0.4 is 11.1 Å². The lowest BCUT2D eigenvalue weighted by Crippen LogP contribution is -2.13. The average Bonchev–Trinajstić information content (AvgIpc) is 2.40. The summed E-state index contributed by atoms with van der Waals surface area (Å²) in [6, 6.07) is 4.60. The monoisotopic (exact) mass is 337 g/mol. The predicted molar refractivity (Wildman–Crippen MR) is 78.9 cm³/mol. The van der Waals surface area contributed by atoms with Gasteiger partial charge in [-0.3, -0.25) is 9.78 Å². The molecule has 3 N–H and O–H groups in total. The molecule has 0 atom stereocenters. The van der Waals surface area contributed by atoms with Gasteiger partial charge in [0.25, 0.3) is 0 Å². The summed E-state index contributed by atoms with van der Waals surface area (Å²) in [5.41, 5.74) is 7.24. The highest BCUT2D eigenvalue weighted by molar-refractivity contribution is 9.10. The highest BCUT2D eigenvalue weighted by Gasteiger charge is 2.10. The van der Waals surface area contributed by atoms with Gasteiger partial charge in [-0.2, -0.15) is 0 Å². The Morgan fingerprint density at radius 3 is 2.80 bits per heavy atom. The summed E-state index contributed by atoms with van der Waals surface area (Å²) in [6.45, 7) is 2.11. The van der Waals surface area contributed by atoms with Gasteiger partial charge in [-0.15, -0.1) is 0 Å². The number of rotatable bonds is 4. The molecule has 0 aliphatic rings. The number of benzene rings is 1. The lowest BCUT2D eigenvalue weighted by molar-refractivity contribution is 0.1000. The van der Waals surface area contributed by atoms with E-state index in [-0.39, 0.29) is 5.56 Å². The van der Waals surface area contributed by atoms with Crippen LogP contribution in [0.15, 0.2) is 35.1 Å². The largest absolute Gasteiger partial charge is 0.381 e. The number of pyridine rings is 1. The molecule has 1 amide bonds. The summed E-state index contributed by atoms with van der Waals surface area (Å²) in [7, 11) is 0. The minimum atomic E-state index is -0.656. The summed E-state index contributed by atoms with van der Waals surface area (Å²) in [4.78, 5) is 15.2. The average molecular weight is 338 g/mol. The van der Waals surface area contributed by atoms with E-state index in [1.807, 2.05) is 6.07 Å².